The van der Waals surface area contributed by atoms with Crippen molar-refractivity contribution in [1.82, 2.24) is 20.6 Å². The van der Waals surface area contributed by atoms with E-state index in [1.54, 1.807) is 12.3 Å². The fourth-order valence-electron chi connectivity index (χ4n) is 2.80. The van der Waals surface area contributed by atoms with Crippen LogP contribution in [0, 0.1) is 6.92 Å². The summed E-state index contributed by atoms with van der Waals surface area (Å²) in [5.41, 5.74) is 4.38. The number of hydrogen-bond donors (Lipinski definition) is 3. The van der Waals surface area contributed by atoms with E-state index in [0.717, 1.165) is 16.6 Å². The van der Waals surface area contributed by atoms with Crippen LogP contribution in [0.25, 0.3) is 11.0 Å². The van der Waals surface area contributed by atoms with Gasteiger partial charge in [-0.3, -0.25) is 14.6 Å². The molecule has 0 radical (unpaired) electrons. The fraction of sp³-hybridized carbons (Fsp3) is 0.286. The van der Waals surface area contributed by atoms with Crippen molar-refractivity contribution in [3.8, 4) is 0 Å². The van der Waals surface area contributed by atoms with Crippen molar-refractivity contribution in [3.63, 3.8) is 0 Å². The van der Waals surface area contributed by atoms with Gasteiger partial charge in [0.15, 0.2) is 0 Å². The van der Waals surface area contributed by atoms with Crippen molar-refractivity contribution < 1.29 is 9.59 Å². The molecule has 2 heterocycles. The van der Waals surface area contributed by atoms with Crippen molar-refractivity contribution in [1.29, 1.82) is 0 Å². The molecule has 0 spiro atoms. The first-order chi connectivity index (χ1) is 13.0. The van der Waals surface area contributed by atoms with Gasteiger partial charge in [-0.05, 0) is 44.0 Å². The van der Waals surface area contributed by atoms with E-state index < -0.39 is 0 Å². The van der Waals surface area contributed by atoms with Gasteiger partial charge in [0.1, 0.15) is 5.69 Å². The lowest BCUT2D eigenvalue weighted by Gasteiger charge is -2.14. The van der Waals surface area contributed by atoms with Crippen LogP contribution in [0.15, 0.2) is 48.7 Å². The maximum absolute atomic E-state index is 12.3. The normalized spacial score (nSPS) is 11.9. The highest BCUT2D eigenvalue weighted by molar-refractivity contribution is 5.97. The maximum atomic E-state index is 12.3. The Balaban J connectivity index is 1.43. The van der Waals surface area contributed by atoms with E-state index in [1.165, 1.54) is 5.56 Å². The second-order valence-corrected chi connectivity index (χ2v) is 6.78. The molecule has 6 nitrogen and oxygen atoms in total. The van der Waals surface area contributed by atoms with E-state index in [4.69, 9.17) is 0 Å². The van der Waals surface area contributed by atoms with Crippen molar-refractivity contribution in [2.75, 3.05) is 6.54 Å². The number of aromatic amines is 1. The van der Waals surface area contributed by atoms with Crippen LogP contribution < -0.4 is 10.6 Å². The zero-order valence-corrected chi connectivity index (χ0v) is 15.6. The summed E-state index contributed by atoms with van der Waals surface area (Å²) in [4.78, 5) is 31.6. The molecule has 0 aliphatic rings. The molecule has 0 bridgehead atoms. The number of fused-ring (bicyclic) bond motifs is 1. The van der Waals surface area contributed by atoms with Gasteiger partial charge < -0.3 is 15.6 Å². The molecule has 2 aromatic heterocycles. The number of carbonyl (C=O) groups excluding carboxylic acids is 2. The molecule has 6 heteroatoms. The summed E-state index contributed by atoms with van der Waals surface area (Å²) in [5, 5.41) is 5.75. The summed E-state index contributed by atoms with van der Waals surface area (Å²) < 4.78 is 0. The molecule has 27 heavy (non-hydrogen) atoms. The third-order valence-electron chi connectivity index (χ3n) is 4.38. The lowest BCUT2D eigenvalue weighted by molar-refractivity contribution is -0.121. The number of benzene rings is 1. The van der Waals surface area contributed by atoms with Gasteiger partial charge in [0.05, 0.1) is 11.0 Å². The highest BCUT2D eigenvalue weighted by Gasteiger charge is 2.13. The van der Waals surface area contributed by atoms with Gasteiger partial charge in [0.2, 0.25) is 5.91 Å². The van der Waals surface area contributed by atoms with Gasteiger partial charge in [0, 0.05) is 25.2 Å². The van der Waals surface area contributed by atoms with Crippen molar-refractivity contribution >= 4 is 22.8 Å². The minimum atomic E-state index is -0.214. The molecule has 0 fully saturated rings. The number of nitrogens with one attached hydrogen (secondary N) is 3. The second kappa shape index (κ2) is 8.49. The van der Waals surface area contributed by atoms with Gasteiger partial charge >= 0.3 is 0 Å². The summed E-state index contributed by atoms with van der Waals surface area (Å²) in [6, 6.07) is 13.4. The predicted molar refractivity (Wildman–Crippen MR) is 106 cm³/mol. The molecule has 3 rings (SSSR count). The van der Waals surface area contributed by atoms with Crippen LogP contribution in [0.2, 0.25) is 0 Å². The molecule has 0 unspecified atom stereocenters. The van der Waals surface area contributed by atoms with E-state index in [2.05, 4.69) is 20.6 Å². The van der Waals surface area contributed by atoms with E-state index >= 15 is 0 Å². The van der Waals surface area contributed by atoms with E-state index in [-0.39, 0.29) is 17.9 Å². The number of aromatic nitrogens is 2. The standard InChI is InChI=1S/C21H24N4O2/c1-14-5-7-16(8-6-14)9-10-20(26)23-13-15(2)24-21(27)19-12-18-17(25-19)4-3-11-22-18/h3-8,11-12,15,25H,9-10,13H2,1-2H3,(H,23,26)(H,24,27)/t15-/m0/s1. The zero-order chi connectivity index (χ0) is 19.2. The molecule has 1 aromatic carbocycles. The average Bonchev–Trinajstić information content (AvgIpc) is 3.10. The van der Waals surface area contributed by atoms with Crippen LogP contribution >= 0.6 is 0 Å². The second-order valence-electron chi connectivity index (χ2n) is 6.78. The monoisotopic (exact) mass is 364 g/mol. The molecule has 0 saturated heterocycles. The fourth-order valence-corrected chi connectivity index (χ4v) is 2.80. The molecule has 140 valence electrons. The van der Waals surface area contributed by atoms with Crippen LogP contribution in [-0.2, 0) is 11.2 Å². The Morgan fingerprint density at radius 2 is 1.96 bits per heavy atom. The van der Waals surface area contributed by atoms with Crippen molar-refractivity contribution in [2.45, 2.75) is 32.7 Å². The van der Waals surface area contributed by atoms with E-state index in [0.29, 0.717) is 25.1 Å². The Hall–Kier alpha value is -3.15. The average molecular weight is 364 g/mol. The molecule has 0 aliphatic carbocycles. The Labute approximate surface area is 158 Å². The SMILES string of the molecule is Cc1ccc(CCC(=O)NC[C@H](C)NC(=O)c2cc3ncccc3[nH]2)cc1. The van der Waals surface area contributed by atoms with Gasteiger partial charge in [0.25, 0.3) is 5.91 Å². The van der Waals surface area contributed by atoms with Crippen molar-refractivity contribution in [2.24, 2.45) is 0 Å². The predicted octanol–water partition coefficient (Wildman–Crippen LogP) is 2.74. The first-order valence-electron chi connectivity index (χ1n) is 9.08. The Kier molecular flexibility index (Phi) is 5.86. The number of pyridine rings is 1. The van der Waals surface area contributed by atoms with Gasteiger partial charge in [-0.2, -0.15) is 0 Å². The molecular weight excluding hydrogens is 340 g/mol. The molecule has 0 saturated carbocycles. The minimum absolute atomic E-state index is 0.0218. The van der Waals surface area contributed by atoms with Gasteiger partial charge in [-0.25, -0.2) is 0 Å². The molecule has 1 atom stereocenters. The molecule has 3 N–H and O–H groups in total. The Morgan fingerprint density at radius 3 is 2.70 bits per heavy atom. The third kappa shape index (κ3) is 5.17. The van der Waals surface area contributed by atoms with E-state index in [9.17, 15) is 9.59 Å². The number of amides is 2. The largest absolute Gasteiger partial charge is 0.354 e. The molecule has 2 amide bonds. The van der Waals surface area contributed by atoms with Crippen LogP contribution in [0.4, 0.5) is 0 Å². The molecular formula is C21H24N4O2. The number of H-pyrrole nitrogens is 1. The first-order valence-corrected chi connectivity index (χ1v) is 9.08. The minimum Gasteiger partial charge on any atom is -0.354 e. The lowest BCUT2D eigenvalue weighted by Crippen LogP contribution is -2.42. The zero-order valence-electron chi connectivity index (χ0n) is 15.6. The van der Waals surface area contributed by atoms with Crippen LogP contribution in [0.5, 0.6) is 0 Å². The van der Waals surface area contributed by atoms with Crippen molar-refractivity contribution in [3.05, 3.63) is 65.5 Å². The number of carbonyl (C=O) groups is 2. The quantitative estimate of drug-likeness (QED) is 0.602. The summed E-state index contributed by atoms with van der Waals surface area (Å²) in [7, 11) is 0. The molecule has 3 aromatic rings. The summed E-state index contributed by atoms with van der Waals surface area (Å²) >= 11 is 0. The van der Waals surface area contributed by atoms with Crippen LogP contribution in [0.3, 0.4) is 0 Å². The lowest BCUT2D eigenvalue weighted by atomic mass is 10.1. The van der Waals surface area contributed by atoms with Gasteiger partial charge in [-0.15, -0.1) is 0 Å². The number of hydrogen-bond acceptors (Lipinski definition) is 3. The topological polar surface area (TPSA) is 86.9 Å². The van der Waals surface area contributed by atoms with Crippen LogP contribution in [-0.4, -0.2) is 34.4 Å². The maximum Gasteiger partial charge on any atom is 0.268 e. The number of nitrogens with zero attached hydrogens (tertiary/aromatic N) is 1. The number of rotatable bonds is 7. The first kappa shape index (κ1) is 18.6. The molecule has 0 aliphatic heterocycles. The Bertz CT molecular complexity index is 898. The third-order valence-corrected chi connectivity index (χ3v) is 4.38. The highest BCUT2D eigenvalue weighted by atomic mass is 16.2. The van der Waals surface area contributed by atoms with Gasteiger partial charge in [-0.1, -0.05) is 29.8 Å². The summed E-state index contributed by atoms with van der Waals surface area (Å²) in [6.45, 7) is 4.29. The van der Waals surface area contributed by atoms with Crippen LogP contribution in [0.1, 0.15) is 35.0 Å². The highest BCUT2D eigenvalue weighted by Crippen LogP contribution is 2.11. The summed E-state index contributed by atoms with van der Waals surface area (Å²) in [6.07, 6.45) is 2.82. The smallest absolute Gasteiger partial charge is 0.268 e. The number of aryl methyl sites for hydroxylation is 2. The summed E-state index contributed by atoms with van der Waals surface area (Å²) in [5.74, 6) is -0.235. The Morgan fingerprint density at radius 1 is 1.19 bits per heavy atom. The van der Waals surface area contributed by atoms with E-state index in [1.807, 2.05) is 50.2 Å².